The molecule has 1 aliphatic heterocycles. The van der Waals surface area contributed by atoms with Crippen molar-refractivity contribution in [1.29, 1.82) is 0 Å². The van der Waals surface area contributed by atoms with Crippen molar-refractivity contribution in [2.24, 2.45) is 0 Å². The number of aliphatic hydroxyl groups excluding tert-OH is 1. The Morgan fingerprint density at radius 3 is 2.53 bits per heavy atom. The van der Waals surface area contributed by atoms with Gasteiger partial charge in [-0.25, -0.2) is 0 Å². The minimum absolute atomic E-state index is 0.175. The maximum atomic E-state index is 10.1. The van der Waals surface area contributed by atoms with Gasteiger partial charge in [0.25, 0.3) is 0 Å². The van der Waals surface area contributed by atoms with Gasteiger partial charge in [0.05, 0.1) is 26.0 Å². The molecule has 0 aliphatic carbocycles. The van der Waals surface area contributed by atoms with Crippen LogP contribution >= 0.6 is 0 Å². The Hall–Kier alpha value is -0.643. The molecular formula is C16H26O2Si. The molecule has 2 rings (SSSR count). The van der Waals surface area contributed by atoms with Crippen LogP contribution in [-0.4, -0.2) is 31.1 Å². The third kappa shape index (κ3) is 3.91. The van der Waals surface area contributed by atoms with Gasteiger partial charge in [0, 0.05) is 0 Å². The predicted octanol–water partition coefficient (Wildman–Crippen LogP) is 3.33. The summed E-state index contributed by atoms with van der Waals surface area (Å²) in [4.78, 5) is 0. The van der Waals surface area contributed by atoms with Crippen LogP contribution in [0, 0.1) is 0 Å². The highest BCUT2D eigenvalue weighted by molar-refractivity contribution is 6.78. The average molecular weight is 278 g/mol. The van der Waals surface area contributed by atoms with Gasteiger partial charge in [-0.1, -0.05) is 55.9 Å². The van der Waals surface area contributed by atoms with E-state index in [0.717, 1.165) is 25.3 Å². The molecule has 3 heteroatoms. The Bertz CT molecular complexity index is 391. The first-order chi connectivity index (χ1) is 9.01. The zero-order valence-electron chi connectivity index (χ0n) is 12.3. The SMILES string of the molecule is CC[C@@H]1C[C@H](O)C[C@H]([Si](C)(C)Cc2ccccc2)O1. The third-order valence-corrected chi connectivity index (χ3v) is 7.64. The largest absolute Gasteiger partial charge is 0.393 e. The fourth-order valence-electron chi connectivity index (χ4n) is 2.99. The summed E-state index contributed by atoms with van der Waals surface area (Å²) in [6.07, 6.45) is 2.71. The Labute approximate surface area is 117 Å². The molecule has 1 heterocycles. The van der Waals surface area contributed by atoms with E-state index in [2.05, 4.69) is 50.3 Å². The summed E-state index contributed by atoms with van der Waals surface area (Å²) in [5.74, 6) is 0. The van der Waals surface area contributed by atoms with E-state index in [-0.39, 0.29) is 17.9 Å². The second-order valence-corrected chi connectivity index (χ2v) is 11.4. The Morgan fingerprint density at radius 2 is 1.89 bits per heavy atom. The summed E-state index contributed by atoms with van der Waals surface area (Å²) in [5, 5.41) is 10.1. The number of hydrogen-bond acceptors (Lipinski definition) is 2. The van der Waals surface area contributed by atoms with Crippen LogP contribution in [0.3, 0.4) is 0 Å². The molecule has 1 aromatic rings. The van der Waals surface area contributed by atoms with Crippen molar-refractivity contribution in [1.82, 2.24) is 0 Å². The molecular weight excluding hydrogens is 252 g/mol. The first-order valence-electron chi connectivity index (χ1n) is 7.38. The van der Waals surface area contributed by atoms with E-state index >= 15 is 0 Å². The van der Waals surface area contributed by atoms with Crippen LogP contribution in [0.4, 0.5) is 0 Å². The van der Waals surface area contributed by atoms with Crippen LogP contribution in [-0.2, 0) is 10.8 Å². The van der Waals surface area contributed by atoms with E-state index in [1.54, 1.807) is 0 Å². The van der Waals surface area contributed by atoms with Gasteiger partial charge in [-0.2, -0.15) is 0 Å². The fraction of sp³-hybridized carbons (Fsp3) is 0.625. The Morgan fingerprint density at radius 1 is 1.21 bits per heavy atom. The Balaban J connectivity index is 2.05. The Kier molecular flexibility index (Phi) is 4.82. The maximum Gasteiger partial charge on any atom is 0.0860 e. The van der Waals surface area contributed by atoms with Crippen LogP contribution in [0.15, 0.2) is 30.3 Å². The van der Waals surface area contributed by atoms with Crippen LogP contribution in [0.25, 0.3) is 0 Å². The number of rotatable bonds is 4. The molecule has 0 bridgehead atoms. The summed E-state index contributed by atoms with van der Waals surface area (Å²) < 4.78 is 6.24. The smallest absolute Gasteiger partial charge is 0.0860 e. The number of hydrogen-bond donors (Lipinski definition) is 1. The van der Waals surface area contributed by atoms with E-state index in [1.165, 1.54) is 5.56 Å². The van der Waals surface area contributed by atoms with E-state index in [0.29, 0.717) is 0 Å². The summed E-state index contributed by atoms with van der Waals surface area (Å²) in [5.41, 5.74) is 1.68. The van der Waals surface area contributed by atoms with Crippen molar-refractivity contribution < 1.29 is 9.84 Å². The summed E-state index contributed by atoms with van der Waals surface area (Å²) in [6.45, 7) is 6.91. The van der Waals surface area contributed by atoms with Gasteiger partial charge < -0.3 is 9.84 Å². The van der Waals surface area contributed by atoms with Crippen molar-refractivity contribution in [2.45, 2.75) is 63.3 Å². The minimum Gasteiger partial charge on any atom is -0.393 e. The molecule has 2 nitrogen and oxygen atoms in total. The molecule has 1 N–H and O–H groups in total. The molecule has 3 atom stereocenters. The predicted molar refractivity (Wildman–Crippen MR) is 81.8 cm³/mol. The summed E-state index contributed by atoms with van der Waals surface area (Å²) in [6, 6.07) is 11.8. The van der Waals surface area contributed by atoms with Crippen LogP contribution < -0.4 is 0 Å². The third-order valence-electron chi connectivity index (χ3n) is 4.21. The first-order valence-corrected chi connectivity index (χ1v) is 10.7. The lowest BCUT2D eigenvalue weighted by molar-refractivity contribution is -0.0679. The lowest BCUT2D eigenvalue weighted by Crippen LogP contribution is -2.52. The van der Waals surface area contributed by atoms with E-state index in [4.69, 9.17) is 4.74 Å². The molecule has 1 aromatic carbocycles. The van der Waals surface area contributed by atoms with Gasteiger partial charge in [-0.3, -0.25) is 0 Å². The van der Waals surface area contributed by atoms with Gasteiger partial charge in [0.15, 0.2) is 0 Å². The second-order valence-electron chi connectivity index (χ2n) is 6.43. The lowest BCUT2D eigenvalue weighted by atomic mass is 10.0. The van der Waals surface area contributed by atoms with Crippen molar-refractivity contribution in [3.63, 3.8) is 0 Å². The molecule has 19 heavy (non-hydrogen) atoms. The van der Waals surface area contributed by atoms with Gasteiger partial charge in [0.1, 0.15) is 0 Å². The molecule has 0 spiro atoms. The second kappa shape index (κ2) is 6.20. The van der Waals surface area contributed by atoms with E-state index in [1.807, 2.05) is 0 Å². The monoisotopic (exact) mass is 278 g/mol. The van der Waals surface area contributed by atoms with Crippen molar-refractivity contribution >= 4 is 8.07 Å². The molecule has 0 saturated carbocycles. The quantitative estimate of drug-likeness (QED) is 0.856. The van der Waals surface area contributed by atoms with E-state index < -0.39 is 8.07 Å². The van der Waals surface area contributed by atoms with Gasteiger partial charge in [-0.15, -0.1) is 0 Å². The molecule has 0 aromatic heterocycles. The van der Waals surface area contributed by atoms with Crippen molar-refractivity contribution in [3.8, 4) is 0 Å². The van der Waals surface area contributed by atoms with Crippen molar-refractivity contribution in [2.75, 3.05) is 0 Å². The number of aliphatic hydroxyl groups is 1. The highest BCUT2D eigenvalue weighted by Crippen LogP contribution is 2.29. The highest BCUT2D eigenvalue weighted by Gasteiger charge is 2.39. The molecule has 0 amide bonds. The average Bonchev–Trinajstić information content (AvgIpc) is 2.38. The van der Waals surface area contributed by atoms with Crippen LogP contribution in [0.2, 0.25) is 13.1 Å². The lowest BCUT2D eigenvalue weighted by Gasteiger charge is -2.40. The summed E-state index contributed by atoms with van der Waals surface area (Å²) >= 11 is 0. The minimum atomic E-state index is -1.53. The van der Waals surface area contributed by atoms with Crippen molar-refractivity contribution in [3.05, 3.63) is 35.9 Å². The van der Waals surface area contributed by atoms with Crippen LogP contribution in [0.5, 0.6) is 0 Å². The molecule has 0 radical (unpaired) electrons. The number of benzene rings is 1. The highest BCUT2D eigenvalue weighted by atomic mass is 28.3. The van der Waals surface area contributed by atoms with Gasteiger partial charge in [0.2, 0.25) is 0 Å². The molecule has 0 unspecified atom stereocenters. The molecule has 1 saturated heterocycles. The zero-order chi connectivity index (χ0) is 13.9. The topological polar surface area (TPSA) is 29.5 Å². The molecule has 1 fully saturated rings. The van der Waals surface area contributed by atoms with E-state index in [9.17, 15) is 5.11 Å². The fourth-order valence-corrected chi connectivity index (χ4v) is 5.98. The first kappa shape index (κ1) is 14.8. The maximum absolute atomic E-state index is 10.1. The molecule has 1 aliphatic rings. The zero-order valence-corrected chi connectivity index (χ0v) is 13.3. The van der Waals surface area contributed by atoms with Gasteiger partial charge >= 0.3 is 0 Å². The summed E-state index contributed by atoms with van der Waals surface area (Å²) in [7, 11) is -1.53. The van der Waals surface area contributed by atoms with Crippen LogP contribution in [0.1, 0.15) is 31.7 Å². The molecule has 106 valence electrons. The van der Waals surface area contributed by atoms with Gasteiger partial charge in [-0.05, 0) is 25.3 Å². The standard InChI is InChI=1S/C16H26O2Si/c1-4-15-10-14(17)11-16(18-15)19(2,3)12-13-8-6-5-7-9-13/h5-9,14-17H,4,10-12H2,1-3H3/t14-,15+,16-/m0/s1. The normalized spacial score (nSPS) is 28.3. The number of ether oxygens (including phenoxy) is 1.